The maximum Gasteiger partial charge on any atom is 0.244 e. The van der Waals surface area contributed by atoms with E-state index in [9.17, 15) is 8.42 Å². The van der Waals surface area contributed by atoms with Crippen LogP contribution in [-0.2, 0) is 10.0 Å². The zero-order valence-electron chi connectivity index (χ0n) is 12.0. The predicted molar refractivity (Wildman–Crippen MR) is 77.7 cm³/mol. The minimum Gasteiger partial charge on any atom is -0.369 e. The van der Waals surface area contributed by atoms with Gasteiger partial charge in [-0.25, -0.2) is 18.1 Å². The maximum absolute atomic E-state index is 12.4. The molecule has 0 bridgehead atoms. The predicted octanol–water partition coefficient (Wildman–Crippen LogP) is 2.37. The Kier molecular flexibility index (Phi) is 5.31. The van der Waals surface area contributed by atoms with E-state index >= 15 is 0 Å². The van der Waals surface area contributed by atoms with E-state index in [0.29, 0.717) is 12.4 Å². The summed E-state index contributed by atoms with van der Waals surface area (Å²) in [6, 6.07) is 3.19. The summed E-state index contributed by atoms with van der Waals surface area (Å²) in [5, 5.41) is 2.97. The molecule has 0 aliphatic heterocycles. The minimum atomic E-state index is -3.57. The average molecular weight is 285 g/mol. The van der Waals surface area contributed by atoms with E-state index in [0.717, 1.165) is 12.8 Å². The second kappa shape index (κ2) is 6.34. The quantitative estimate of drug-likeness (QED) is 0.807. The van der Waals surface area contributed by atoms with E-state index in [2.05, 4.69) is 15.0 Å². The van der Waals surface area contributed by atoms with Gasteiger partial charge in [-0.05, 0) is 39.3 Å². The van der Waals surface area contributed by atoms with Gasteiger partial charge in [-0.3, -0.25) is 0 Å². The molecule has 0 saturated carbocycles. The van der Waals surface area contributed by atoms with Gasteiger partial charge in [-0.2, -0.15) is 0 Å². The van der Waals surface area contributed by atoms with Crippen LogP contribution in [0.3, 0.4) is 0 Å². The lowest BCUT2D eigenvalue weighted by Gasteiger charge is -2.25. The van der Waals surface area contributed by atoms with Crippen LogP contribution in [0, 0.1) is 0 Å². The van der Waals surface area contributed by atoms with E-state index < -0.39 is 15.6 Å². The number of hydrogen-bond acceptors (Lipinski definition) is 4. The molecule has 0 radical (unpaired) electrons. The highest BCUT2D eigenvalue weighted by Gasteiger charge is 2.27. The van der Waals surface area contributed by atoms with Gasteiger partial charge < -0.3 is 5.32 Å². The van der Waals surface area contributed by atoms with Crippen molar-refractivity contribution >= 4 is 15.8 Å². The number of aromatic nitrogens is 1. The molecule has 1 heterocycles. The van der Waals surface area contributed by atoms with Crippen LogP contribution >= 0.6 is 0 Å². The number of pyridine rings is 1. The molecule has 5 nitrogen and oxygen atoms in total. The van der Waals surface area contributed by atoms with Crippen LogP contribution in [0.15, 0.2) is 23.2 Å². The fraction of sp³-hybridized carbons (Fsp3) is 0.615. The van der Waals surface area contributed by atoms with Gasteiger partial charge in [0.2, 0.25) is 10.0 Å². The van der Waals surface area contributed by atoms with Crippen molar-refractivity contribution in [2.24, 2.45) is 0 Å². The first-order valence-corrected chi connectivity index (χ1v) is 8.03. The third-order valence-corrected chi connectivity index (χ3v) is 4.42. The van der Waals surface area contributed by atoms with E-state index in [1.165, 1.54) is 0 Å². The van der Waals surface area contributed by atoms with Crippen LogP contribution in [0.4, 0.5) is 5.82 Å². The van der Waals surface area contributed by atoms with Gasteiger partial charge >= 0.3 is 0 Å². The van der Waals surface area contributed by atoms with Crippen LogP contribution in [0.1, 0.15) is 40.5 Å². The molecule has 1 aromatic heterocycles. The van der Waals surface area contributed by atoms with Crippen molar-refractivity contribution in [3.63, 3.8) is 0 Å². The van der Waals surface area contributed by atoms with Crippen LogP contribution in [-0.4, -0.2) is 25.5 Å². The molecule has 1 rings (SSSR count). The molecule has 0 fully saturated rings. The Morgan fingerprint density at radius 3 is 2.58 bits per heavy atom. The summed E-state index contributed by atoms with van der Waals surface area (Å²) in [6.07, 6.45) is 3.28. The van der Waals surface area contributed by atoms with E-state index in [1.54, 1.807) is 18.3 Å². The molecule has 0 spiro atoms. The van der Waals surface area contributed by atoms with Gasteiger partial charge in [0.05, 0.1) is 0 Å². The Hall–Kier alpha value is -1.14. The molecule has 0 aliphatic carbocycles. The summed E-state index contributed by atoms with van der Waals surface area (Å²) in [4.78, 5) is 4.28. The Bertz CT molecular complexity index is 512. The molecule has 0 aliphatic rings. The molecular formula is C13H23N3O2S. The summed E-state index contributed by atoms with van der Waals surface area (Å²) >= 11 is 0. The highest BCUT2D eigenvalue weighted by atomic mass is 32.2. The summed E-state index contributed by atoms with van der Waals surface area (Å²) in [7, 11) is -3.57. The topological polar surface area (TPSA) is 71.1 Å². The van der Waals surface area contributed by atoms with Gasteiger partial charge in [0.25, 0.3) is 0 Å². The van der Waals surface area contributed by atoms with E-state index in [4.69, 9.17) is 0 Å². The van der Waals surface area contributed by atoms with Gasteiger partial charge in [0.15, 0.2) is 0 Å². The van der Waals surface area contributed by atoms with Crippen LogP contribution in [0.2, 0.25) is 0 Å². The van der Waals surface area contributed by atoms with Crippen molar-refractivity contribution in [3.8, 4) is 0 Å². The number of nitrogens with one attached hydrogen (secondary N) is 2. The normalized spacial score (nSPS) is 12.4. The number of sulfonamides is 1. The smallest absolute Gasteiger partial charge is 0.244 e. The lowest BCUT2D eigenvalue weighted by atomic mass is 10.0. The molecule has 6 heteroatoms. The van der Waals surface area contributed by atoms with Gasteiger partial charge in [-0.1, -0.05) is 13.3 Å². The standard InChI is InChI=1S/C13H23N3O2S/c1-5-9-13(3,4)16-19(17,18)11-8-7-10-15-12(11)14-6-2/h7-8,10,16H,5-6,9H2,1-4H3,(H,14,15). The Morgan fingerprint density at radius 2 is 2.00 bits per heavy atom. The highest BCUT2D eigenvalue weighted by Crippen LogP contribution is 2.21. The molecule has 0 atom stereocenters. The average Bonchev–Trinajstić information content (AvgIpc) is 2.28. The molecular weight excluding hydrogens is 262 g/mol. The highest BCUT2D eigenvalue weighted by molar-refractivity contribution is 7.89. The second-order valence-corrected chi connectivity index (χ2v) is 6.77. The summed E-state index contributed by atoms with van der Waals surface area (Å²) in [5.74, 6) is 0.393. The largest absolute Gasteiger partial charge is 0.369 e. The molecule has 0 unspecified atom stereocenters. The summed E-state index contributed by atoms with van der Waals surface area (Å²) < 4.78 is 27.6. The van der Waals surface area contributed by atoms with Crippen molar-refractivity contribution in [2.45, 2.75) is 51.0 Å². The fourth-order valence-corrected chi connectivity index (χ4v) is 3.58. The zero-order chi connectivity index (χ0) is 14.5. The van der Waals surface area contributed by atoms with Crippen LogP contribution < -0.4 is 10.0 Å². The SMILES string of the molecule is CCCC(C)(C)NS(=O)(=O)c1cccnc1NCC. The third-order valence-electron chi connectivity index (χ3n) is 2.69. The first kappa shape index (κ1) is 15.9. The third kappa shape index (κ3) is 4.47. The molecule has 0 saturated heterocycles. The number of rotatable bonds is 7. The first-order chi connectivity index (χ1) is 8.82. The van der Waals surface area contributed by atoms with Crippen molar-refractivity contribution in [3.05, 3.63) is 18.3 Å². The Morgan fingerprint density at radius 1 is 1.32 bits per heavy atom. The molecule has 1 aromatic rings. The van der Waals surface area contributed by atoms with Crippen molar-refractivity contribution in [2.75, 3.05) is 11.9 Å². The first-order valence-electron chi connectivity index (χ1n) is 6.55. The Balaban J connectivity index is 3.07. The maximum atomic E-state index is 12.4. The minimum absolute atomic E-state index is 0.195. The summed E-state index contributed by atoms with van der Waals surface area (Å²) in [6.45, 7) is 8.33. The second-order valence-electron chi connectivity index (χ2n) is 5.12. The van der Waals surface area contributed by atoms with Crippen molar-refractivity contribution in [1.29, 1.82) is 0 Å². The fourth-order valence-electron chi connectivity index (χ4n) is 2.00. The van der Waals surface area contributed by atoms with Gasteiger partial charge in [0, 0.05) is 18.3 Å². The lowest BCUT2D eigenvalue weighted by Crippen LogP contribution is -2.43. The zero-order valence-corrected chi connectivity index (χ0v) is 12.8. The van der Waals surface area contributed by atoms with Gasteiger partial charge in [-0.15, -0.1) is 0 Å². The molecule has 0 amide bonds. The van der Waals surface area contributed by atoms with Gasteiger partial charge in [0.1, 0.15) is 10.7 Å². The molecule has 108 valence electrons. The number of anilines is 1. The number of hydrogen-bond donors (Lipinski definition) is 2. The summed E-state index contributed by atoms with van der Waals surface area (Å²) in [5.41, 5.74) is -0.465. The van der Waals surface area contributed by atoms with E-state index in [1.807, 2.05) is 27.7 Å². The molecule has 19 heavy (non-hydrogen) atoms. The number of nitrogens with zero attached hydrogens (tertiary/aromatic N) is 1. The lowest BCUT2D eigenvalue weighted by molar-refractivity contribution is 0.418. The molecule has 2 N–H and O–H groups in total. The van der Waals surface area contributed by atoms with E-state index in [-0.39, 0.29) is 4.90 Å². The van der Waals surface area contributed by atoms with Crippen LogP contribution in [0.25, 0.3) is 0 Å². The van der Waals surface area contributed by atoms with Crippen LogP contribution in [0.5, 0.6) is 0 Å². The monoisotopic (exact) mass is 285 g/mol. The van der Waals surface area contributed by atoms with Crippen molar-refractivity contribution in [1.82, 2.24) is 9.71 Å². The molecule has 0 aromatic carbocycles. The Labute approximate surface area is 115 Å². The van der Waals surface area contributed by atoms with Crippen molar-refractivity contribution < 1.29 is 8.42 Å².